The Kier molecular flexibility index (Phi) is 7.42. The molecule has 2 saturated heterocycles. The van der Waals surface area contributed by atoms with E-state index in [1.807, 2.05) is 4.90 Å². The van der Waals surface area contributed by atoms with E-state index in [0.717, 1.165) is 12.1 Å². The normalized spacial score (nSPS) is 20.6. The van der Waals surface area contributed by atoms with Crippen LogP contribution in [0.5, 0.6) is 0 Å². The molecule has 0 bridgehead atoms. The van der Waals surface area contributed by atoms with Gasteiger partial charge in [0.25, 0.3) is 0 Å². The monoisotopic (exact) mass is 472 g/mol. The molecular weight excluding hydrogens is 443 g/mol. The minimum atomic E-state index is -4.58. The molecule has 0 spiro atoms. The highest BCUT2D eigenvalue weighted by Gasteiger charge is 2.34. The van der Waals surface area contributed by atoms with E-state index >= 15 is 0 Å². The van der Waals surface area contributed by atoms with Crippen molar-refractivity contribution in [1.29, 1.82) is 0 Å². The Morgan fingerprint density at radius 3 is 2.33 bits per heavy atom. The predicted molar refractivity (Wildman–Crippen MR) is 111 cm³/mol. The van der Waals surface area contributed by atoms with Crippen LogP contribution < -0.4 is 10.0 Å². The zero-order chi connectivity index (χ0) is 24.4. The molecule has 0 saturated carbocycles. The second kappa shape index (κ2) is 9.76. The van der Waals surface area contributed by atoms with Gasteiger partial charge < -0.3 is 29.2 Å². The van der Waals surface area contributed by atoms with Crippen LogP contribution in [-0.2, 0) is 27.0 Å². The number of morpholine rings is 1. The van der Waals surface area contributed by atoms with Crippen LogP contribution in [0.2, 0.25) is 0 Å². The van der Waals surface area contributed by atoms with Crippen LogP contribution >= 0.6 is 0 Å². The number of carbonyl (C=O) groups excluding carboxylic acids is 2. The number of halogens is 3. The number of carboxylic acids is 1. The number of alkyl halides is 3. The van der Waals surface area contributed by atoms with E-state index in [4.69, 9.17) is 9.47 Å². The van der Waals surface area contributed by atoms with E-state index in [1.165, 1.54) is 4.90 Å². The maximum Gasteiger partial charge on any atom is 0.416 e. The molecule has 3 rings (SSSR count). The summed E-state index contributed by atoms with van der Waals surface area (Å²) in [6.45, 7) is 7.54. The standard InChI is InChI=1S/C22H30F3N3O5/c1-21(2,3)33-20(31)27-6-4-26(5-7-27)13-15-10-16(22(23,24)25)12-17(11-15)28-8-9-32-14-18(28)19(29)30/h10-12,18H,4-9,13-14H2,1-3H3,(H,29,30)/p-1. The Morgan fingerprint density at radius 1 is 1.09 bits per heavy atom. The SMILES string of the molecule is CC(C)(C)OC(=O)N1CCN(Cc2cc(N3CCOCC3C(=O)[O-])cc(C(F)(F)F)c2)CC1. The summed E-state index contributed by atoms with van der Waals surface area (Å²) in [7, 11) is 0. The van der Waals surface area contributed by atoms with Gasteiger partial charge in [-0.2, -0.15) is 13.2 Å². The molecule has 0 aliphatic carbocycles. The number of amides is 1. The second-order valence-corrected chi connectivity index (χ2v) is 9.23. The summed E-state index contributed by atoms with van der Waals surface area (Å²) in [5, 5.41) is 11.5. The van der Waals surface area contributed by atoms with Crippen LogP contribution in [0.3, 0.4) is 0 Å². The Labute approximate surface area is 190 Å². The molecule has 2 aliphatic heterocycles. The topological polar surface area (TPSA) is 85.4 Å². The Balaban J connectivity index is 1.75. The largest absolute Gasteiger partial charge is 0.548 e. The van der Waals surface area contributed by atoms with Crippen molar-refractivity contribution in [3.8, 4) is 0 Å². The van der Waals surface area contributed by atoms with Crippen molar-refractivity contribution in [3.63, 3.8) is 0 Å². The zero-order valence-corrected chi connectivity index (χ0v) is 19.0. The molecule has 8 nitrogen and oxygen atoms in total. The second-order valence-electron chi connectivity index (χ2n) is 9.23. The molecule has 1 amide bonds. The highest BCUT2D eigenvalue weighted by Crippen LogP contribution is 2.34. The van der Waals surface area contributed by atoms with E-state index in [9.17, 15) is 27.9 Å². The molecule has 0 radical (unpaired) electrons. The Morgan fingerprint density at radius 2 is 1.76 bits per heavy atom. The predicted octanol–water partition coefficient (Wildman–Crippen LogP) is 1.71. The van der Waals surface area contributed by atoms with Crippen LogP contribution in [0.15, 0.2) is 18.2 Å². The first-order valence-electron chi connectivity index (χ1n) is 10.8. The van der Waals surface area contributed by atoms with E-state index in [1.54, 1.807) is 31.7 Å². The Bertz CT molecular complexity index is 864. The first kappa shape index (κ1) is 25.1. The van der Waals surface area contributed by atoms with Gasteiger partial charge in [0.05, 0.1) is 30.8 Å². The van der Waals surface area contributed by atoms with Gasteiger partial charge in [-0.1, -0.05) is 0 Å². The van der Waals surface area contributed by atoms with E-state index < -0.39 is 35.4 Å². The maximum atomic E-state index is 13.6. The Hall–Kier alpha value is -2.53. The van der Waals surface area contributed by atoms with Crippen molar-refractivity contribution < 1.29 is 37.3 Å². The van der Waals surface area contributed by atoms with Gasteiger partial charge >= 0.3 is 12.3 Å². The third-order valence-electron chi connectivity index (χ3n) is 5.47. The number of anilines is 1. The van der Waals surface area contributed by atoms with Gasteiger partial charge in [0.2, 0.25) is 0 Å². The lowest BCUT2D eigenvalue weighted by atomic mass is 10.1. The van der Waals surface area contributed by atoms with Crippen molar-refractivity contribution in [2.75, 3.05) is 50.8 Å². The lowest BCUT2D eigenvalue weighted by Crippen LogP contribution is -2.55. The molecule has 1 aromatic rings. The summed E-state index contributed by atoms with van der Waals surface area (Å²) >= 11 is 0. The summed E-state index contributed by atoms with van der Waals surface area (Å²) in [5.41, 5.74) is -0.865. The first-order valence-corrected chi connectivity index (χ1v) is 10.8. The fourth-order valence-electron chi connectivity index (χ4n) is 3.88. The molecular formula is C22H29F3N3O5-. The molecule has 11 heteroatoms. The molecule has 1 atom stereocenters. The zero-order valence-electron chi connectivity index (χ0n) is 19.0. The average Bonchev–Trinajstić information content (AvgIpc) is 2.72. The highest BCUT2D eigenvalue weighted by atomic mass is 19.4. The molecule has 2 fully saturated rings. The third kappa shape index (κ3) is 6.73. The van der Waals surface area contributed by atoms with Crippen molar-refractivity contribution in [1.82, 2.24) is 9.80 Å². The summed E-state index contributed by atoms with van der Waals surface area (Å²) < 4.78 is 51.3. The quantitative estimate of drug-likeness (QED) is 0.660. The minimum Gasteiger partial charge on any atom is -0.548 e. The smallest absolute Gasteiger partial charge is 0.416 e. The third-order valence-corrected chi connectivity index (χ3v) is 5.47. The maximum absolute atomic E-state index is 13.6. The molecule has 2 heterocycles. The number of carbonyl (C=O) groups is 2. The number of hydrogen-bond donors (Lipinski definition) is 0. The molecule has 0 N–H and O–H groups in total. The number of piperazine rings is 1. The summed E-state index contributed by atoms with van der Waals surface area (Å²) in [6.07, 6.45) is -4.99. The van der Waals surface area contributed by atoms with Crippen LogP contribution in [0.1, 0.15) is 31.9 Å². The molecule has 0 aromatic heterocycles. The number of nitrogens with zero attached hydrogens (tertiary/aromatic N) is 3. The summed E-state index contributed by atoms with van der Waals surface area (Å²) in [5.74, 6) is -1.40. The summed E-state index contributed by atoms with van der Waals surface area (Å²) in [6, 6.07) is 2.47. The fraction of sp³-hybridized carbons (Fsp3) is 0.636. The van der Waals surface area contributed by atoms with Crippen molar-refractivity contribution in [2.45, 2.75) is 45.1 Å². The van der Waals surface area contributed by atoms with Gasteiger partial charge in [-0.25, -0.2) is 4.79 Å². The molecule has 2 aliphatic rings. The van der Waals surface area contributed by atoms with Crippen molar-refractivity contribution in [3.05, 3.63) is 29.3 Å². The average molecular weight is 472 g/mol. The molecule has 33 heavy (non-hydrogen) atoms. The number of carboxylic acid groups (broad SMARTS) is 1. The highest BCUT2D eigenvalue weighted by molar-refractivity contribution is 5.77. The van der Waals surface area contributed by atoms with Gasteiger partial charge in [0.15, 0.2) is 0 Å². The van der Waals surface area contributed by atoms with Crippen LogP contribution in [-0.4, -0.2) is 79.4 Å². The number of benzene rings is 1. The molecule has 1 aromatic carbocycles. The van der Waals surface area contributed by atoms with Gasteiger partial charge in [-0.3, -0.25) is 4.90 Å². The number of ether oxygens (including phenoxy) is 2. The van der Waals surface area contributed by atoms with E-state index in [0.29, 0.717) is 31.7 Å². The van der Waals surface area contributed by atoms with Crippen molar-refractivity contribution in [2.24, 2.45) is 0 Å². The van der Waals surface area contributed by atoms with E-state index in [2.05, 4.69) is 0 Å². The molecule has 184 valence electrons. The van der Waals surface area contributed by atoms with Crippen LogP contribution in [0.25, 0.3) is 0 Å². The number of aliphatic carboxylic acids is 1. The van der Waals surface area contributed by atoms with Gasteiger partial charge in [-0.05, 0) is 44.5 Å². The van der Waals surface area contributed by atoms with Gasteiger partial charge in [0, 0.05) is 45.0 Å². The van der Waals surface area contributed by atoms with Crippen LogP contribution in [0.4, 0.5) is 23.7 Å². The fourth-order valence-corrected chi connectivity index (χ4v) is 3.88. The minimum absolute atomic E-state index is 0.147. The van der Waals surface area contributed by atoms with Gasteiger partial charge in [0.1, 0.15) is 5.60 Å². The lowest BCUT2D eigenvalue weighted by molar-refractivity contribution is -0.309. The number of hydrogen-bond acceptors (Lipinski definition) is 7. The van der Waals surface area contributed by atoms with Gasteiger partial charge in [-0.15, -0.1) is 0 Å². The van der Waals surface area contributed by atoms with E-state index in [-0.39, 0.29) is 32.0 Å². The molecule has 1 unspecified atom stereocenters. The van der Waals surface area contributed by atoms with Crippen molar-refractivity contribution >= 4 is 17.7 Å². The summed E-state index contributed by atoms with van der Waals surface area (Å²) in [4.78, 5) is 28.6. The number of rotatable bonds is 4. The lowest BCUT2D eigenvalue weighted by Gasteiger charge is -2.38. The first-order chi connectivity index (χ1) is 15.3. The van der Waals surface area contributed by atoms with Crippen LogP contribution in [0, 0.1) is 0 Å².